The molecule has 1 amide bonds. The standard InChI is InChI=1S/C19H30N4O2.HI/c1-4-20-19(22-15(2)14-25-3)21-12-7-10-18(24)23-13-11-16-8-5-6-9-17(16)23;/h5-6,8-9,15H,4,7,10-14H2,1-3H3,(H2,20,21,22);1H. The van der Waals surface area contributed by atoms with Crippen LogP contribution < -0.4 is 15.5 Å². The van der Waals surface area contributed by atoms with Gasteiger partial charge in [0, 0.05) is 44.9 Å². The Balaban J connectivity index is 0.00000338. The minimum atomic E-state index is 0. The van der Waals surface area contributed by atoms with Crippen molar-refractivity contribution in [3.63, 3.8) is 0 Å². The zero-order chi connectivity index (χ0) is 18.1. The number of guanidine groups is 1. The van der Waals surface area contributed by atoms with Crippen LogP contribution in [0, 0.1) is 0 Å². The van der Waals surface area contributed by atoms with Crippen molar-refractivity contribution in [1.29, 1.82) is 0 Å². The van der Waals surface area contributed by atoms with E-state index in [-0.39, 0.29) is 35.9 Å². The summed E-state index contributed by atoms with van der Waals surface area (Å²) in [5.74, 6) is 0.955. The summed E-state index contributed by atoms with van der Waals surface area (Å²) in [5.41, 5.74) is 2.33. The molecule has 0 fully saturated rings. The molecule has 26 heavy (non-hydrogen) atoms. The van der Waals surface area contributed by atoms with Crippen LogP contribution in [0.1, 0.15) is 32.3 Å². The lowest BCUT2D eigenvalue weighted by Gasteiger charge is -2.18. The van der Waals surface area contributed by atoms with Gasteiger partial charge in [-0.05, 0) is 38.3 Å². The molecule has 2 N–H and O–H groups in total. The first-order valence-electron chi connectivity index (χ1n) is 9.07. The van der Waals surface area contributed by atoms with E-state index in [1.54, 1.807) is 7.11 Å². The van der Waals surface area contributed by atoms with Gasteiger partial charge in [-0.2, -0.15) is 0 Å². The third-order valence-electron chi connectivity index (χ3n) is 4.15. The van der Waals surface area contributed by atoms with Gasteiger partial charge in [0.05, 0.1) is 6.61 Å². The number of amides is 1. The van der Waals surface area contributed by atoms with Gasteiger partial charge in [-0.1, -0.05) is 18.2 Å². The predicted molar refractivity (Wildman–Crippen MR) is 118 cm³/mol. The van der Waals surface area contributed by atoms with Gasteiger partial charge in [0.1, 0.15) is 0 Å². The maximum atomic E-state index is 12.5. The van der Waals surface area contributed by atoms with Crippen LogP contribution in [0.15, 0.2) is 29.3 Å². The maximum absolute atomic E-state index is 12.5. The maximum Gasteiger partial charge on any atom is 0.227 e. The molecular formula is C19H31IN4O2. The molecule has 7 heteroatoms. The summed E-state index contributed by atoms with van der Waals surface area (Å²) in [6.07, 6.45) is 2.21. The van der Waals surface area contributed by atoms with Gasteiger partial charge >= 0.3 is 0 Å². The van der Waals surface area contributed by atoms with E-state index >= 15 is 0 Å². The highest BCUT2D eigenvalue weighted by atomic mass is 127. The summed E-state index contributed by atoms with van der Waals surface area (Å²) >= 11 is 0. The smallest absolute Gasteiger partial charge is 0.227 e. The molecule has 146 valence electrons. The van der Waals surface area contributed by atoms with Crippen molar-refractivity contribution in [3.05, 3.63) is 29.8 Å². The van der Waals surface area contributed by atoms with Crippen LogP contribution in [0.3, 0.4) is 0 Å². The fourth-order valence-electron chi connectivity index (χ4n) is 3.00. The number of fused-ring (bicyclic) bond motifs is 1. The van der Waals surface area contributed by atoms with E-state index in [0.29, 0.717) is 19.6 Å². The SMILES string of the molecule is CCNC(=NCCCC(=O)N1CCc2ccccc21)NC(C)COC.I. The zero-order valence-electron chi connectivity index (χ0n) is 16.0. The molecule has 1 aromatic carbocycles. The van der Waals surface area contributed by atoms with Crippen LogP contribution in [0.5, 0.6) is 0 Å². The number of carbonyl (C=O) groups is 1. The van der Waals surface area contributed by atoms with Crippen LogP contribution in [0.4, 0.5) is 5.69 Å². The lowest BCUT2D eigenvalue weighted by Crippen LogP contribution is -2.44. The van der Waals surface area contributed by atoms with Crippen LogP contribution in [-0.2, 0) is 16.0 Å². The second-order valence-electron chi connectivity index (χ2n) is 6.29. The summed E-state index contributed by atoms with van der Waals surface area (Å²) in [6, 6.07) is 8.34. The summed E-state index contributed by atoms with van der Waals surface area (Å²) < 4.78 is 5.13. The molecular weight excluding hydrogens is 443 g/mol. The molecule has 1 unspecified atom stereocenters. The number of carbonyl (C=O) groups excluding carboxylic acids is 1. The lowest BCUT2D eigenvalue weighted by molar-refractivity contribution is -0.118. The number of halogens is 1. The van der Waals surface area contributed by atoms with E-state index in [1.165, 1.54) is 5.56 Å². The number of hydrogen-bond acceptors (Lipinski definition) is 3. The Labute approximate surface area is 173 Å². The number of ether oxygens (including phenoxy) is 1. The average Bonchev–Trinajstić information content (AvgIpc) is 3.03. The number of anilines is 1. The van der Waals surface area contributed by atoms with Gasteiger partial charge in [-0.3, -0.25) is 9.79 Å². The minimum absolute atomic E-state index is 0. The first-order valence-corrected chi connectivity index (χ1v) is 9.07. The molecule has 2 rings (SSSR count). The van der Waals surface area contributed by atoms with Gasteiger partial charge in [0.2, 0.25) is 5.91 Å². The highest BCUT2D eigenvalue weighted by molar-refractivity contribution is 14.0. The van der Waals surface area contributed by atoms with Crippen LogP contribution in [0.2, 0.25) is 0 Å². The monoisotopic (exact) mass is 474 g/mol. The molecule has 1 atom stereocenters. The minimum Gasteiger partial charge on any atom is -0.383 e. The van der Waals surface area contributed by atoms with Crippen LogP contribution >= 0.6 is 24.0 Å². The summed E-state index contributed by atoms with van der Waals surface area (Å²) in [6.45, 7) is 6.92. The van der Waals surface area contributed by atoms with Gasteiger partial charge in [-0.15, -0.1) is 24.0 Å². The van der Waals surface area contributed by atoms with Crippen molar-refractivity contribution in [2.45, 2.75) is 39.2 Å². The summed E-state index contributed by atoms with van der Waals surface area (Å²) in [7, 11) is 1.68. The molecule has 0 saturated carbocycles. The van der Waals surface area contributed by atoms with E-state index in [2.05, 4.69) is 21.7 Å². The summed E-state index contributed by atoms with van der Waals surface area (Å²) in [5, 5.41) is 6.51. The van der Waals surface area contributed by atoms with Gasteiger partial charge in [0.25, 0.3) is 0 Å². The zero-order valence-corrected chi connectivity index (χ0v) is 18.3. The van der Waals surface area contributed by atoms with E-state index in [0.717, 1.165) is 37.6 Å². The van der Waals surface area contributed by atoms with E-state index in [1.807, 2.05) is 36.9 Å². The Bertz CT molecular complexity index is 595. The number of para-hydroxylation sites is 1. The molecule has 1 aliphatic rings. The van der Waals surface area contributed by atoms with Crippen molar-refractivity contribution in [2.75, 3.05) is 38.3 Å². The molecule has 0 saturated heterocycles. The first kappa shape index (κ1) is 22.7. The number of hydrogen-bond donors (Lipinski definition) is 2. The molecule has 1 aliphatic heterocycles. The van der Waals surface area contributed by atoms with Crippen molar-refractivity contribution >= 4 is 41.5 Å². The molecule has 6 nitrogen and oxygen atoms in total. The molecule has 0 radical (unpaired) electrons. The second-order valence-corrected chi connectivity index (χ2v) is 6.29. The summed E-state index contributed by atoms with van der Waals surface area (Å²) in [4.78, 5) is 18.9. The largest absolute Gasteiger partial charge is 0.383 e. The second kappa shape index (κ2) is 12.1. The van der Waals surface area contributed by atoms with Crippen molar-refractivity contribution < 1.29 is 9.53 Å². The van der Waals surface area contributed by atoms with Gasteiger partial charge < -0.3 is 20.3 Å². The van der Waals surface area contributed by atoms with E-state index in [9.17, 15) is 4.79 Å². The molecule has 0 aromatic heterocycles. The fraction of sp³-hybridized carbons (Fsp3) is 0.579. The van der Waals surface area contributed by atoms with E-state index < -0.39 is 0 Å². The third kappa shape index (κ3) is 6.75. The predicted octanol–water partition coefficient (Wildman–Crippen LogP) is 2.56. The Morgan fingerprint density at radius 3 is 2.88 bits per heavy atom. The molecule has 0 bridgehead atoms. The Morgan fingerprint density at radius 1 is 1.38 bits per heavy atom. The lowest BCUT2D eigenvalue weighted by atomic mass is 10.2. The van der Waals surface area contributed by atoms with Gasteiger partial charge in [0.15, 0.2) is 5.96 Å². The number of nitrogens with one attached hydrogen (secondary N) is 2. The number of nitrogens with zero attached hydrogens (tertiary/aromatic N) is 2. The molecule has 0 spiro atoms. The average molecular weight is 474 g/mol. The number of rotatable bonds is 8. The van der Waals surface area contributed by atoms with Crippen molar-refractivity contribution in [2.24, 2.45) is 4.99 Å². The normalized spacial score (nSPS) is 14.4. The third-order valence-corrected chi connectivity index (χ3v) is 4.15. The van der Waals surface area contributed by atoms with E-state index in [4.69, 9.17) is 4.74 Å². The Morgan fingerprint density at radius 2 is 2.15 bits per heavy atom. The number of aliphatic imine (C=N–C) groups is 1. The highest BCUT2D eigenvalue weighted by Gasteiger charge is 2.23. The topological polar surface area (TPSA) is 66.0 Å². The first-order chi connectivity index (χ1) is 12.2. The van der Waals surface area contributed by atoms with Crippen LogP contribution in [0.25, 0.3) is 0 Å². The Kier molecular flexibility index (Phi) is 10.6. The number of methoxy groups -OCH3 is 1. The highest BCUT2D eigenvalue weighted by Crippen LogP contribution is 2.27. The quantitative estimate of drug-likeness (QED) is 0.263. The number of benzene rings is 1. The van der Waals surface area contributed by atoms with Crippen molar-refractivity contribution in [3.8, 4) is 0 Å². The molecule has 1 aromatic rings. The molecule has 0 aliphatic carbocycles. The fourth-order valence-corrected chi connectivity index (χ4v) is 3.00. The van der Waals surface area contributed by atoms with Crippen molar-refractivity contribution in [1.82, 2.24) is 10.6 Å². The van der Waals surface area contributed by atoms with Crippen LogP contribution in [-0.4, -0.2) is 51.3 Å². The molecule has 1 heterocycles. The Hall–Kier alpha value is -1.35. The van der Waals surface area contributed by atoms with Gasteiger partial charge in [-0.25, -0.2) is 0 Å².